The largest absolute Gasteiger partial charge is 0.382 e. The molecular weight excluding hydrogens is 262 g/mol. The first kappa shape index (κ1) is 17.5. The molecule has 1 unspecified atom stereocenters. The van der Waals surface area contributed by atoms with Crippen molar-refractivity contribution in [3.63, 3.8) is 0 Å². The van der Waals surface area contributed by atoms with Gasteiger partial charge < -0.3 is 15.4 Å². The Hall–Kier alpha value is -1.55. The summed E-state index contributed by atoms with van der Waals surface area (Å²) < 4.78 is 5.31. The second-order valence-electron chi connectivity index (χ2n) is 5.24. The molecule has 0 aliphatic heterocycles. The van der Waals surface area contributed by atoms with Crippen molar-refractivity contribution in [2.24, 2.45) is 4.99 Å². The maximum Gasteiger partial charge on any atom is 0.190 e. The Kier molecular flexibility index (Phi) is 8.51. The van der Waals surface area contributed by atoms with Crippen molar-refractivity contribution in [1.29, 1.82) is 0 Å². The summed E-state index contributed by atoms with van der Waals surface area (Å²) in [6.45, 7) is 9.66. The van der Waals surface area contributed by atoms with Crippen LogP contribution in [0.25, 0.3) is 0 Å². The Labute approximate surface area is 129 Å². The molecule has 4 heteroatoms. The van der Waals surface area contributed by atoms with Crippen LogP contribution in [0.15, 0.2) is 29.3 Å². The van der Waals surface area contributed by atoms with Crippen LogP contribution in [0, 0.1) is 6.92 Å². The van der Waals surface area contributed by atoms with Gasteiger partial charge in [0.25, 0.3) is 0 Å². The van der Waals surface area contributed by atoms with Gasteiger partial charge in [0, 0.05) is 33.4 Å². The van der Waals surface area contributed by atoms with Crippen molar-refractivity contribution >= 4 is 5.96 Å². The Bertz CT molecular complexity index is 415. The van der Waals surface area contributed by atoms with E-state index in [1.165, 1.54) is 11.1 Å². The number of nitrogens with one attached hydrogen (secondary N) is 2. The van der Waals surface area contributed by atoms with Gasteiger partial charge in [0.2, 0.25) is 0 Å². The molecule has 2 N–H and O–H groups in total. The van der Waals surface area contributed by atoms with Crippen molar-refractivity contribution in [1.82, 2.24) is 10.6 Å². The lowest BCUT2D eigenvalue weighted by molar-refractivity contribution is 0.145. The number of ether oxygens (including phenoxy) is 1. The van der Waals surface area contributed by atoms with E-state index in [9.17, 15) is 0 Å². The molecule has 0 heterocycles. The third-order valence-corrected chi connectivity index (χ3v) is 3.41. The maximum absolute atomic E-state index is 5.31. The zero-order valence-electron chi connectivity index (χ0n) is 13.8. The first-order valence-electron chi connectivity index (χ1n) is 7.76. The van der Waals surface area contributed by atoms with Gasteiger partial charge in [-0.3, -0.25) is 4.99 Å². The summed E-state index contributed by atoms with van der Waals surface area (Å²) in [5, 5.41) is 6.67. The van der Waals surface area contributed by atoms with Crippen molar-refractivity contribution in [3.8, 4) is 0 Å². The molecule has 0 spiro atoms. The summed E-state index contributed by atoms with van der Waals surface area (Å²) in [5.74, 6) is 1.30. The van der Waals surface area contributed by atoms with E-state index in [1.807, 2.05) is 6.92 Å². The molecule has 21 heavy (non-hydrogen) atoms. The van der Waals surface area contributed by atoms with Crippen molar-refractivity contribution in [2.75, 3.05) is 33.4 Å². The average molecular weight is 291 g/mol. The normalized spacial score (nSPS) is 13.0. The predicted molar refractivity (Wildman–Crippen MR) is 90.1 cm³/mol. The summed E-state index contributed by atoms with van der Waals surface area (Å²) in [7, 11) is 1.80. The van der Waals surface area contributed by atoms with Crippen molar-refractivity contribution in [2.45, 2.75) is 33.1 Å². The van der Waals surface area contributed by atoms with Crippen LogP contribution in [0.5, 0.6) is 0 Å². The third-order valence-electron chi connectivity index (χ3n) is 3.41. The van der Waals surface area contributed by atoms with Crippen LogP contribution in [-0.2, 0) is 4.74 Å². The zero-order chi connectivity index (χ0) is 15.5. The van der Waals surface area contributed by atoms with E-state index in [1.54, 1.807) is 7.05 Å². The quantitative estimate of drug-likeness (QED) is 0.440. The highest BCUT2D eigenvalue weighted by molar-refractivity contribution is 5.79. The molecule has 0 saturated heterocycles. The fourth-order valence-electron chi connectivity index (χ4n) is 2.01. The topological polar surface area (TPSA) is 45.6 Å². The van der Waals surface area contributed by atoms with Crippen molar-refractivity contribution in [3.05, 3.63) is 35.4 Å². The molecule has 0 radical (unpaired) electrons. The van der Waals surface area contributed by atoms with Gasteiger partial charge in [0.15, 0.2) is 5.96 Å². The fraction of sp³-hybridized carbons (Fsp3) is 0.588. The molecule has 1 atom stereocenters. The second kappa shape index (κ2) is 10.2. The Morgan fingerprint density at radius 3 is 2.57 bits per heavy atom. The minimum absolute atomic E-state index is 0.451. The highest BCUT2D eigenvalue weighted by Gasteiger charge is 2.06. The third kappa shape index (κ3) is 7.14. The van der Waals surface area contributed by atoms with Gasteiger partial charge in [-0.15, -0.1) is 0 Å². The molecule has 0 fully saturated rings. The summed E-state index contributed by atoms with van der Waals surface area (Å²) in [4.78, 5) is 4.24. The summed E-state index contributed by atoms with van der Waals surface area (Å²) in [5.41, 5.74) is 2.64. The van der Waals surface area contributed by atoms with Crippen molar-refractivity contribution < 1.29 is 4.74 Å². The van der Waals surface area contributed by atoms with Crippen LogP contribution in [0.1, 0.15) is 37.3 Å². The van der Waals surface area contributed by atoms with Gasteiger partial charge in [-0.25, -0.2) is 0 Å². The Balaban J connectivity index is 2.29. The fourth-order valence-corrected chi connectivity index (χ4v) is 2.01. The van der Waals surface area contributed by atoms with Gasteiger partial charge in [0.05, 0.1) is 0 Å². The number of benzene rings is 1. The second-order valence-corrected chi connectivity index (χ2v) is 5.24. The summed E-state index contributed by atoms with van der Waals surface area (Å²) >= 11 is 0. The molecule has 1 aromatic carbocycles. The number of nitrogens with zero attached hydrogens (tertiary/aromatic N) is 1. The molecule has 1 aromatic rings. The van der Waals surface area contributed by atoms with E-state index in [0.29, 0.717) is 5.92 Å². The van der Waals surface area contributed by atoms with Gasteiger partial charge in [-0.2, -0.15) is 0 Å². The van der Waals surface area contributed by atoms with Crippen LogP contribution < -0.4 is 10.6 Å². The molecular formula is C17H29N3O. The average Bonchev–Trinajstić information content (AvgIpc) is 2.50. The zero-order valence-corrected chi connectivity index (χ0v) is 13.8. The highest BCUT2D eigenvalue weighted by Crippen LogP contribution is 2.14. The van der Waals surface area contributed by atoms with E-state index in [0.717, 1.165) is 38.7 Å². The van der Waals surface area contributed by atoms with Crippen LogP contribution in [0.4, 0.5) is 0 Å². The molecule has 0 saturated carbocycles. The molecule has 118 valence electrons. The van der Waals surface area contributed by atoms with Gasteiger partial charge >= 0.3 is 0 Å². The number of hydrogen-bond donors (Lipinski definition) is 2. The number of rotatable bonds is 8. The lowest BCUT2D eigenvalue weighted by atomic mass is 10.0. The van der Waals surface area contributed by atoms with Gasteiger partial charge in [0.1, 0.15) is 0 Å². The minimum atomic E-state index is 0.451. The summed E-state index contributed by atoms with van der Waals surface area (Å²) in [6, 6.07) is 8.71. The smallest absolute Gasteiger partial charge is 0.190 e. The lowest BCUT2D eigenvalue weighted by Gasteiger charge is -2.16. The van der Waals surface area contributed by atoms with Crippen LogP contribution in [-0.4, -0.2) is 39.3 Å². The number of aryl methyl sites for hydroxylation is 1. The number of aliphatic imine (C=N–C) groups is 1. The summed E-state index contributed by atoms with van der Waals surface area (Å²) in [6.07, 6.45) is 0.988. The molecule has 1 rings (SSSR count). The first-order valence-corrected chi connectivity index (χ1v) is 7.76. The molecule has 0 amide bonds. The van der Waals surface area contributed by atoms with Gasteiger partial charge in [-0.1, -0.05) is 36.8 Å². The van der Waals surface area contributed by atoms with Crippen LogP contribution >= 0.6 is 0 Å². The Morgan fingerprint density at radius 1 is 1.24 bits per heavy atom. The Morgan fingerprint density at radius 2 is 1.95 bits per heavy atom. The van der Waals surface area contributed by atoms with E-state index >= 15 is 0 Å². The predicted octanol–water partition coefficient (Wildman–Crippen LogP) is 2.69. The highest BCUT2D eigenvalue weighted by atomic mass is 16.5. The number of guanidine groups is 1. The monoisotopic (exact) mass is 291 g/mol. The molecule has 0 aliphatic rings. The standard InChI is InChI=1S/C17H29N3O/c1-5-21-12-6-11-19-17(18-4)20-13-15(3)16-9-7-14(2)8-10-16/h7-10,15H,5-6,11-13H2,1-4H3,(H2,18,19,20). The van der Waals surface area contributed by atoms with Gasteiger partial charge in [-0.05, 0) is 31.7 Å². The molecule has 0 aromatic heterocycles. The SMILES string of the molecule is CCOCCCNC(=NC)NCC(C)c1ccc(C)cc1. The van der Waals surface area contributed by atoms with Crippen LogP contribution in [0.2, 0.25) is 0 Å². The first-order chi connectivity index (χ1) is 10.2. The van der Waals surface area contributed by atoms with E-state index in [2.05, 4.69) is 53.7 Å². The molecule has 4 nitrogen and oxygen atoms in total. The number of hydrogen-bond acceptors (Lipinski definition) is 2. The van der Waals surface area contributed by atoms with E-state index in [4.69, 9.17) is 4.74 Å². The molecule has 0 aliphatic carbocycles. The maximum atomic E-state index is 5.31. The van der Waals surface area contributed by atoms with E-state index < -0.39 is 0 Å². The molecule has 0 bridgehead atoms. The lowest BCUT2D eigenvalue weighted by Crippen LogP contribution is -2.39. The minimum Gasteiger partial charge on any atom is -0.382 e. The van der Waals surface area contributed by atoms with E-state index in [-0.39, 0.29) is 0 Å². The van der Waals surface area contributed by atoms with Crippen LogP contribution in [0.3, 0.4) is 0 Å².